The van der Waals surface area contributed by atoms with Crippen molar-refractivity contribution in [2.75, 3.05) is 11.9 Å². The summed E-state index contributed by atoms with van der Waals surface area (Å²) in [5.41, 5.74) is 3.64. The summed E-state index contributed by atoms with van der Waals surface area (Å²) in [6.07, 6.45) is 4.68. The Morgan fingerprint density at radius 2 is 2.04 bits per heavy atom. The predicted octanol–water partition coefficient (Wildman–Crippen LogP) is 1.98. The van der Waals surface area contributed by atoms with Gasteiger partial charge in [-0.05, 0) is 42.5 Å². The van der Waals surface area contributed by atoms with Crippen molar-refractivity contribution in [1.29, 1.82) is 0 Å². The molecule has 1 fully saturated rings. The van der Waals surface area contributed by atoms with Crippen LogP contribution >= 0.6 is 0 Å². The monoisotopic (exact) mass is 325 g/mol. The number of imide groups is 2. The lowest BCUT2D eigenvalue weighted by Crippen LogP contribution is -2.58. The van der Waals surface area contributed by atoms with Crippen molar-refractivity contribution in [1.82, 2.24) is 10.2 Å². The van der Waals surface area contributed by atoms with Crippen molar-refractivity contribution in [3.63, 3.8) is 0 Å². The van der Waals surface area contributed by atoms with Crippen molar-refractivity contribution < 1.29 is 14.4 Å². The van der Waals surface area contributed by atoms with Crippen LogP contribution in [0.25, 0.3) is 0 Å². The summed E-state index contributed by atoms with van der Waals surface area (Å²) in [6, 6.07) is 5.25. The minimum absolute atomic E-state index is 0.0422. The lowest BCUT2D eigenvalue weighted by atomic mass is 10.0. The fourth-order valence-electron chi connectivity index (χ4n) is 3.13. The summed E-state index contributed by atoms with van der Waals surface area (Å²) in [5.74, 6) is -2.40. The maximum atomic E-state index is 12.5. The number of rotatable bonds is 5. The standard InChI is InChI=1S/C18H19N3O3/c1-3-9-21-17(23)15(16(22)20-18(21)24)11(2)19-14-8-7-12-5-4-6-13(12)10-14/h3,7-8,10,15,19H,1-2,4-6,9H2,(H,20,22,24)/t15-/m1/s1. The first-order valence-electron chi connectivity index (χ1n) is 7.86. The zero-order chi connectivity index (χ0) is 17.3. The number of barbiturate groups is 1. The Morgan fingerprint density at radius 1 is 1.29 bits per heavy atom. The number of nitrogens with zero attached hydrogens (tertiary/aromatic N) is 1. The number of benzene rings is 1. The van der Waals surface area contributed by atoms with E-state index in [4.69, 9.17) is 0 Å². The summed E-state index contributed by atoms with van der Waals surface area (Å²) in [4.78, 5) is 37.2. The number of urea groups is 1. The Hall–Kier alpha value is -2.89. The summed E-state index contributed by atoms with van der Waals surface area (Å²) in [5, 5.41) is 5.22. The molecule has 1 heterocycles. The molecule has 6 heteroatoms. The Labute approximate surface area is 140 Å². The number of anilines is 1. The first-order valence-corrected chi connectivity index (χ1v) is 7.86. The van der Waals surface area contributed by atoms with Gasteiger partial charge in [-0.1, -0.05) is 18.7 Å². The first-order chi connectivity index (χ1) is 11.5. The maximum Gasteiger partial charge on any atom is 0.331 e. The quantitative estimate of drug-likeness (QED) is 0.641. The molecule has 0 spiro atoms. The molecule has 1 aliphatic carbocycles. The smallest absolute Gasteiger partial charge is 0.331 e. The van der Waals surface area contributed by atoms with E-state index in [0.717, 1.165) is 29.8 Å². The molecule has 1 aromatic rings. The van der Waals surface area contributed by atoms with Gasteiger partial charge in [0.1, 0.15) is 0 Å². The van der Waals surface area contributed by atoms with E-state index in [9.17, 15) is 14.4 Å². The highest BCUT2D eigenvalue weighted by Gasteiger charge is 2.41. The molecule has 1 aromatic carbocycles. The fourth-order valence-corrected chi connectivity index (χ4v) is 3.13. The second-order valence-electron chi connectivity index (χ2n) is 5.95. The third kappa shape index (κ3) is 2.82. The zero-order valence-electron chi connectivity index (χ0n) is 13.3. The normalized spacial score (nSPS) is 19.8. The van der Waals surface area contributed by atoms with E-state index < -0.39 is 23.8 Å². The molecule has 0 bridgehead atoms. The molecule has 0 aromatic heterocycles. The number of hydrogen-bond acceptors (Lipinski definition) is 4. The molecule has 24 heavy (non-hydrogen) atoms. The molecule has 6 nitrogen and oxygen atoms in total. The minimum atomic E-state index is -1.14. The third-order valence-electron chi connectivity index (χ3n) is 4.31. The van der Waals surface area contributed by atoms with Gasteiger partial charge in [0.25, 0.3) is 0 Å². The number of carbonyl (C=O) groups excluding carboxylic acids is 3. The summed E-state index contributed by atoms with van der Waals surface area (Å²) < 4.78 is 0. The van der Waals surface area contributed by atoms with Gasteiger partial charge in [-0.2, -0.15) is 0 Å². The number of carbonyl (C=O) groups is 3. The van der Waals surface area contributed by atoms with Gasteiger partial charge in [0, 0.05) is 17.9 Å². The van der Waals surface area contributed by atoms with Gasteiger partial charge in [0.15, 0.2) is 5.92 Å². The number of aryl methyl sites for hydroxylation is 2. The van der Waals surface area contributed by atoms with E-state index in [1.165, 1.54) is 17.2 Å². The average Bonchev–Trinajstić information content (AvgIpc) is 2.98. The van der Waals surface area contributed by atoms with Crippen molar-refractivity contribution in [3.8, 4) is 0 Å². The highest BCUT2D eigenvalue weighted by Crippen LogP contribution is 2.27. The van der Waals surface area contributed by atoms with E-state index in [1.807, 2.05) is 18.2 Å². The van der Waals surface area contributed by atoms with Crippen LogP contribution in [-0.4, -0.2) is 29.3 Å². The SMILES string of the molecule is C=CCN1C(=O)NC(=O)[C@@H](C(=C)Nc2ccc3c(c2)CCC3)C1=O. The van der Waals surface area contributed by atoms with Crippen LogP contribution in [-0.2, 0) is 22.4 Å². The summed E-state index contributed by atoms with van der Waals surface area (Å²) in [7, 11) is 0. The van der Waals surface area contributed by atoms with Crippen LogP contribution in [0, 0.1) is 5.92 Å². The van der Waals surface area contributed by atoms with E-state index in [-0.39, 0.29) is 12.2 Å². The average molecular weight is 325 g/mol. The van der Waals surface area contributed by atoms with Crippen molar-refractivity contribution in [2.24, 2.45) is 5.92 Å². The molecule has 4 amide bonds. The molecule has 1 atom stereocenters. The Morgan fingerprint density at radius 3 is 2.79 bits per heavy atom. The highest BCUT2D eigenvalue weighted by atomic mass is 16.2. The lowest BCUT2D eigenvalue weighted by Gasteiger charge is -2.30. The van der Waals surface area contributed by atoms with Crippen LogP contribution in [0.3, 0.4) is 0 Å². The molecular weight excluding hydrogens is 306 g/mol. The Bertz CT molecular complexity index is 754. The molecule has 3 rings (SSSR count). The zero-order valence-corrected chi connectivity index (χ0v) is 13.3. The fraction of sp³-hybridized carbons (Fsp3) is 0.278. The van der Waals surface area contributed by atoms with Gasteiger partial charge in [0.2, 0.25) is 11.8 Å². The van der Waals surface area contributed by atoms with Crippen LogP contribution in [0.5, 0.6) is 0 Å². The molecule has 0 radical (unpaired) electrons. The van der Waals surface area contributed by atoms with Crippen molar-refractivity contribution in [3.05, 3.63) is 54.3 Å². The topological polar surface area (TPSA) is 78.5 Å². The third-order valence-corrected chi connectivity index (χ3v) is 4.31. The van der Waals surface area contributed by atoms with Gasteiger partial charge in [-0.3, -0.25) is 19.8 Å². The van der Waals surface area contributed by atoms with Gasteiger partial charge in [-0.25, -0.2) is 4.79 Å². The summed E-state index contributed by atoms with van der Waals surface area (Å²) >= 11 is 0. The van der Waals surface area contributed by atoms with Crippen LogP contribution in [0.4, 0.5) is 10.5 Å². The molecule has 2 aliphatic rings. The van der Waals surface area contributed by atoms with E-state index in [1.54, 1.807) is 0 Å². The number of amides is 4. The van der Waals surface area contributed by atoms with Gasteiger partial charge >= 0.3 is 6.03 Å². The van der Waals surface area contributed by atoms with E-state index in [0.29, 0.717) is 0 Å². The first kappa shape index (κ1) is 16.0. The maximum absolute atomic E-state index is 12.5. The second-order valence-corrected chi connectivity index (χ2v) is 5.95. The number of hydrogen-bond donors (Lipinski definition) is 2. The summed E-state index contributed by atoms with van der Waals surface area (Å²) in [6.45, 7) is 7.39. The van der Waals surface area contributed by atoms with Crippen molar-refractivity contribution in [2.45, 2.75) is 19.3 Å². The van der Waals surface area contributed by atoms with E-state index >= 15 is 0 Å². The van der Waals surface area contributed by atoms with Crippen LogP contribution in [0.15, 0.2) is 43.1 Å². The lowest BCUT2D eigenvalue weighted by molar-refractivity contribution is -0.140. The minimum Gasteiger partial charge on any atom is -0.358 e. The molecule has 1 aliphatic heterocycles. The van der Waals surface area contributed by atoms with Crippen LogP contribution in [0.1, 0.15) is 17.5 Å². The van der Waals surface area contributed by atoms with Gasteiger partial charge in [-0.15, -0.1) is 6.58 Å². The van der Waals surface area contributed by atoms with Gasteiger partial charge < -0.3 is 5.32 Å². The predicted molar refractivity (Wildman–Crippen MR) is 90.2 cm³/mol. The highest BCUT2D eigenvalue weighted by molar-refractivity contribution is 6.18. The van der Waals surface area contributed by atoms with E-state index in [2.05, 4.69) is 23.8 Å². The molecule has 124 valence electrons. The van der Waals surface area contributed by atoms with Crippen molar-refractivity contribution >= 4 is 23.5 Å². The van der Waals surface area contributed by atoms with Gasteiger partial charge in [0.05, 0.1) is 0 Å². The number of nitrogens with one attached hydrogen (secondary N) is 2. The molecule has 2 N–H and O–H groups in total. The largest absolute Gasteiger partial charge is 0.358 e. The molecular formula is C18H19N3O3. The van der Waals surface area contributed by atoms with Crippen LogP contribution < -0.4 is 10.6 Å². The molecule has 1 saturated heterocycles. The second kappa shape index (κ2) is 6.31. The molecule has 0 unspecified atom stereocenters. The Kier molecular flexibility index (Phi) is 4.20. The Balaban J connectivity index is 1.78. The number of fused-ring (bicyclic) bond motifs is 1. The molecule has 0 saturated carbocycles. The van der Waals surface area contributed by atoms with Crippen LogP contribution in [0.2, 0.25) is 0 Å².